The third-order valence-corrected chi connectivity index (χ3v) is 3.81. The van der Waals surface area contributed by atoms with E-state index in [2.05, 4.69) is 4.98 Å². The van der Waals surface area contributed by atoms with Gasteiger partial charge >= 0.3 is 6.18 Å². The Balaban J connectivity index is 1.81. The maximum Gasteiger partial charge on any atom is 0.416 e. The molecule has 0 spiro atoms. The molecular weight excluding hydrogens is 281 g/mol. The second kappa shape index (κ2) is 5.18. The monoisotopic (exact) mass is 296 g/mol. The number of aromatic nitrogens is 2. The van der Waals surface area contributed by atoms with Crippen LogP contribution in [-0.4, -0.2) is 14.7 Å². The van der Waals surface area contributed by atoms with Crippen molar-refractivity contribution >= 4 is 0 Å². The van der Waals surface area contributed by atoms with Crippen molar-refractivity contribution in [3.63, 3.8) is 0 Å². The van der Waals surface area contributed by atoms with Crippen LogP contribution in [0.25, 0.3) is 0 Å². The molecule has 6 heteroatoms. The second-order valence-electron chi connectivity index (χ2n) is 5.28. The minimum absolute atomic E-state index is 0.463. The van der Waals surface area contributed by atoms with Crippen LogP contribution in [0.1, 0.15) is 41.6 Å². The average Bonchev–Trinajstić information content (AvgIpc) is 2.83. The predicted octanol–water partition coefficient (Wildman–Crippen LogP) is 3.32. The number of imidazole rings is 1. The molecule has 3 nitrogen and oxygen atoms in total. The van der Waals surface area contributed by atoms with Gasteiger partial charge in [0.1, 0.15) is 5.82 Å². The molecule has 1 atom stereocenters. The van der Waals surface area contributed by atoms with E-state index in [1.54, 1.807) is 6.20 Å². The molecule has 0 saturated carbocycles. The van der Waals surface area contributed by atoms with Gasteiger partial charge in [-0.3, -0.25) is 0 Å². The Labute approximate surface area is 120 Å². The Morgan fingerprint density at radius 2 is 1.95 bits per heavy atom. The summed E-state index contributed by atoms with van der Waals surface area (Å²) in [5, 5.41) is 9.88. The van der Waals surface area contributed by atoms with Crippen LogP contribution in [0.5, 0.6) is 0 Å². The Morgan fingerprint density at radius 1 is 1.24 bits per heavy atom. The number of aliphatic hydroxyl groups is 1. The number of halogens is 3. The molecule has 112 valence electrons. The highest BCUT2D eigenvalue weighted by molar-refractivity contribution is 5.27. The summed E-state index contributed by atoms with van der Waals surface area (Å²) in [4.78, 5) is 4.30. The van der Waals surface area contributed by atoms with Crippen LogP contribution >= 0.6 is 0 Å². The Bertz CT molecular complexity index is 631. The summed E-state index contributed by atoms with van der Waals surface area (Å²) in [7, 11) is 0. The number of alkyl halides is 3. The van der Waals surface area contributed by atoms with Crippen LogP contribution < -0.4 is 0 Å². The van der Waals surface area contributed by atoms with E-state index >= 15 is 0 Å². The lowest BCUT2D eigenvalue weighted by Crippen LogP contribution is -2.17. The van der Waals surface area contributed by atoms with Crippen LogP contribution in [0.4, 0.5) is 13.2 Å². The van der Waals surface area contributed by atoms with Gasteiger partial charge in [0.25, 0.3) is 0 Å². The van der Waals surface area contributed by atoms with Crippen molar-refractivity contribution in [2.45, 2.75) is 38.1 Å². The fourth-order valence-corrected chi connectivity index (χ4v) is 2.68. The molecule has 0 aliphatic carbocycles. The molecule has 1 N–H and O–H groups in total. The summed E-state index contributed by atoms with van der Waals surface area (Å²) in [5.74, 6) is 0.781. The maximum absolute atomic E-state index is 12.5. The van der Waals surface area contributed by atoms with Gasteiger partial charge in [0.2, 0.25) is 0 Å². The van der Waals surface area contributed by atoms with Gasteiger partial charge in [0.05, 0.1) is 23.6 Å². The van der Waals surface area contributed by atoms with Crippen LogP contribution in [0.2, 0.25) is 0 Å². The van der Waals surface area contributed by atoms with Crippen LogP contribution in [-0.2, 0) is 19.1 Å². The van der Waals surface area contributed by atoms with Crippen molar-refractivity contribution < 1.29 is 18.3 Å². The smallest absolute Gasteiger partial charge is 0.387 e. The summed E-state index contributed by atoms with van der Waals surface area (Å²) >= 11 is 0. The molecule has 1 aliphatic heterocycles. The van der Waals surface area contributed by atoms with Gasteiger partial charge in [0, 0.05) is 13.0 Å². The first-order valence-electron chi connectivity index (χ1n) is 6.83. The van der Waals surface area contributed by atoms with E-state index in [1.807, 2.05) is 4.57 Å². The normalized spacial score (nSPS) is 18.6. The number of hydrogen-bond donors (Lipinski definition) is 1. The number of benzene rings is 1. The molecule has 0 radical (unpaired) electrons. The highest BCUT2D eigenvalue weighted by Gasteiger charge is 2.30. The first-order valence-corrected chi connectivity index (χ1v) is 6.83. The molecule has 0 fully saturated rings. The molecule has 1 aromatic carbocycles. The SMILES string of the molecule is OC1CCCn2c1cnc2Cc1ccc(C(F)(F)F)cc1. The summed E-state index contributed by atoms with van der Waals surface area (Å²) in [6.07, 6.45) is -1.08. The van der Waals surface area contributed by atoms with E-state index in [1.165, 1.54) is 12.1 Å². The third-order valence-electron chi connectivity index (χ3n) is 3.81. The number of fused-ring (bicyclic) bond motifs is 1. The number of aliphatic hydroxyl groups excluding tert-OH is 1. The summed E-state index contributed by atoms with van der Waals surface area (Å²) in [6.45, 7) is 0.794. The number of hydrogen-bond acceptors (Lipinski definition) is 2. The molecule has 2 heterocycles. The second-order valence-corrected chi connectivity index (χ2v) is 5.28. The molecule has 2 aromatic rings. The molecule has 1 aliphatic rings. The highest BCUT2D eigenvalue weighted by atomic mass is 19.4. The molecule has 0 amide bonds. The van der Waals surface area contributed by atoms with E-state index in [9.17, 15) is 18.3 Å². The van der Waals surface area contributed by atoms with Crippen molar-refractivity contribution in [3.05, 3.63) is 53.1 Å². The van der Waals surface area contributed by atoms with Gasteiger partial charge < -0.3 is 9.67 Å². The van der Waals surface area contributed by atoms with Gasteiger partial charge in [-0.2, -0.15) is 13.2 Å². The zero-order valence-electron chi connectivity index (χ0n) is 11.3. The molecule has 3 rings (SSSR count). The fourth-order valence-electron chi connectivity index (χ4n) is 2.68. The molecule has 21 heavy (non-hydrogen) atoms. The topological polar surface area (TPSA) is 38.0 Å². The van der Waals surface area contributed by atoms with E-state index in [0.717, 1.165) is 48.6 Å². The number of rotatable bonds is 2. The zero-order valence-corrected chi connectivity index (χ0v) is 11.3. The highest BCUT2D eigenvalue weighted by Crippen LogP contribution is 2.30. The summed E-state index contributed by atoms with van der Waals surface area (Å²) in [5.41, 5.74) is 0.923. The Hall–Kier alpha value is -1.82. The Morgan fingerprint density at radius 3 is 2.62 bits per heavy atom. The van der Waals surface area contributed by atoms with E-state index in [4.69, 9.17) is 0 Å². The van der Waals surface area contributed by atoms with Gasteiger partial charge in [-0.1, -0.05) is 12.1 Å². The van der Waals surface area contributed by atoms with Crippen LogP contribution in [0.3, 0.4) is 0 Å². The standard InChI is InChI=1S/C15H15F3N2O/c16-15(17,18)11-5-3-10(4-6-11)8-14-19-9-12-13(21)2-1-7-20(12)14/h3-6,9,13,21H,1-2,7-8H2. The van der Waals surface area contributed by atoms with Crippen molar-refractivity contribution in [3.8, 4) is 0 Å². The molecule has 1 unspecified atom stereocenters. The third kappa shape index (κ3) is 2.81. The fraction of sp³-hybridized carbons (Fsp3) is 0.400. The lowest BCUT2D eigenvalue weighted by molar-refractivity contribution is -0.137. The van der Waals surface area contributed by atoms with Crippen molar-refractivity contribution in [1.82, 2.24) is 9.55 Å². The van der Waals surface area contributed by atoms with Crippen molar-refractivity contribution in [2.24, 2.45) is 0 Å². The van der Waals surface area contributed by atoms with E-state index in [-0.39, 0.29) is 0 Å². The molecule has 0 saturated heterocycles. The number of nitrogens with zero attached hydrogens (tertiary/aromatic N) is 2. The van der Waals surface area contributed by atoms with Crippen molar-refractivity contribution in [1.29, 1.82) is 0 Å². The largest absolute Gasteiger partial charge is 0.416 e. The van der Waals surface area contributed by atoms with Crippen LogP contribution in [0, 0.1) is 0 Å². The molecule has 1 aromatic heterocycles. The predicted molar refractivity (Wildman–Crippen MR) is 70.7 cm³/mol. The zero-order chi connectivity index (χ0) is 15.0. The Kier molecular flexibility index (Phi) is 3.49. The quantitative estimate of drug-likeness (QED) is 0.923. The van der Waals surface area contributed by atoms with E-state index in [0.29, 0.717) is 6.42 Å². The average molecular weight is 296 g/mol. The van der Waals surface area contributed by atoms with Gasteiger partial charge in [-0.25, -0.2) is 4.98 Å². The van der Waals surface area contributed by atoms with E-state index < -0.39 is 17.8 Å². The minimum Gasteiger partial charge on any atom is -0.387 e. The lowest BCUT2D eigenvalue weighted by Gasteiger charge is -2.21. The van der Waals surface area contributed by atoms with Crippen LogP contribution in [0.15, 0.2) is 30.5 Å². The van der Waals surface area contributed by atoms with Crippen molar-refractivity contribution in [2.75, 3.05) is 0 Å². The molecular formula is C15H15F3N2O. The first kappa shape index (κ1) is 14.1. The summed E-state index contributed by atoms with van der Waals surface area (Å²) < 4.78 is 39.5. The van der Waals surface area contributed by atoms with Gasteiger partial charge in [-0.15, -0.1) is 0 Å². The lowest BCUT2D eigenvalue weighted by atomic mass is 10.1. The maximum atomic E-state index is 12.5. The minimum atomic E-state index is -4.31. The van der Waals surface area contributed by atoms with Gasteiger partial charge in [-0.05, 0) is 30.5 Å². The summed E-state index contributed by atoms with van der Waals surface area (Å²) in [6, 6.07) is 5.13. The van der Waals surface area contributed by atoms with Gasteiger partial charge in [0.15, 0.2) is 0 Å². The first-order chi connectivity index (χ1) is 9.95. The molecule has 0 bridgehead atoms.